The van der Waals surface area contributed by atoms with E-state index in [0.29, 0.717) is 0 Å². The molecule has 0 aliphatic heterocycles. The maximum absolute atomic E-state index is 13.5. The fourth-order valence-corrected chi connectivity index (χ4v) is 2.87. The Morgan fingerprint density at radius 3 is 1.11 bits per heavy atom. The van der Waals surface area contributed by atoms with Crippen LogP contribution in [0, 0.1) is 0 Å². The summed E-state index contributed by atoms with van der Waals surface area (Å²) in [6, 6.07) is 3.74. The van der Waals surface area contributed by atoms with Crippen molar-refractivity contribution in [2.24, 2.45) is 0 Å². The molecule has 0 aliphatic rings. The Kier molecular flexibility index (Phi) is 10.5. The van der Waals surface area contributed by atoms with Crippen LogP contribution >= 0.6 is 11.6 Å². The van der Waals surface area contributed by atoms with Gasteiger partial charge in [-0.15, -0.1) is 0 Å². The van der Waals surface area contributed by atoms with Gasteiger partial charge in [0.1, 0.15) is 0 Å². The molecule has 0 aliphatic carbocycles. The summed E-state index contributed by atoms with van der Waals surface area (Å²) < 4.78 is 83.3. The first-order valence-corrected chi connectivity index (χ1v) is 9.94. The highest BCUT2D eigenvalue weighted by Crippen LogP contribution is 2.44. The molecule has 0 heterocycles. The van der Waals surface area contributed by atoms with Crippen molar-refractivity contribution in [3.63, 3.8) is 0 Å². The second-order valence-corrected chi connectivity index (χ2v) is 6.90. The highest BCUT2D eigenvalue weighted by molar-refractivity contribution is 6.65. The van der Waals surface area contributed by atoms with Gasteiger partial charge in [0.05, 0.1) is 42.7 Å². The van der Waals surface area contributed by atoms with Crippen molar-refractivity contribution in [2.75, 3.05) is 42.7 Å². The molecule has 2 rings (SSSR count). The number of carbonyl (C=O) groups is 2. The van der Waals surface area contributed by atoms with Crippen molar-refractivity contribution in [1.29, 1.82) is 0 Å². The summed E-state index contributed by atoms with van der Waals surface area (Å²) in [5, 5.41) is 6.70. The van der Waals surface area contributed by atoms with Crippen molar-refractivity contribution in [1.82, 2.24) is 0 Å². The van der Waals surface area contributed by atoms with Gasteiger partial charge in [0.25, 0.3) is 5.24 Å². The number of carboxylic acid groups (broad SMARTS) is 1. The highest BCUT2D eigenvalue weighted by atomic mass is 35.5. The summed E-state index contributed by atoms with van der Waals surface area (Å²) in [5.74, 6) is -9.88. The topological polar surface area (TPSA) is 110 Å². The van der Waals surface area contributed by atoms with Crippen LogP contribution in [0.1, 0.15) is 11.1 Å². The van der Waals surface area contributed by atoms with Crippen LogP contribution in [-0.2, 0) is 21.4 Å². The second kappa shape index (κ2) is 12.4. The smallest absolute Gasteiger partial charge is 0.379 e. The number of methoxy groups -OCH3 is 6. The monoisotopic (exact) mass is 542 g/mol. The van der Waals surface area contributed by atoms with E-state index >= 15 is 0 Å². The number of hydrogen-bond donors (Lipinski definition) is 1. The van der Waals surface area contributed by atoms with Gasteiger partial charge < -0.3 is 33.5 Å². The maximum atomic E-state index is 13.5. The summed E-state index contributed by atoms with van der Waals surface area (Å²) in [5.41, 5.74) is -1.37. The van der Waals surface area contributed by atoms with Crippen LogP contribution in [0.4, 0.5) is 17.6 Å². The Morgan fingerprint density at radius 1 is 0.639 bits per heavy atom. The van der Waals surface area contributed by atoms with Gasteiger partial charge in [-0.2, -0.15) is 17.6 Å². The molecule has 9 nitrogen and oxygen atoms in total. The molecule has 0 atom stereocenters. The van der Waals surface area contributed by atoms with Gasteiger partial charge in [0, 0.05) is 11.1 Å². The van der Waals surface area contributed by atoms with Crippen LogP contribution < -0.4 is 28.4 Å². The molecule has 200 valence electrons. The molecule has 0 amide bonds. The zero-order chi connectivity index (χ0) is 27.8. The first-order chi connectivity index (χ1) is 16.8. The van der Waals surface area contributed by atoms with Crippen LogP contribution in [0.5, 0.6) is 34.5 Å². The van der Waals surface area contributed by atoms with Crippen molar-refractivity contribution in [3.8, 4) is 34.5 Å². The Hall–Kier alpha value is -3.61. The Labute approximate surface area is 208 Å². The summed E-state index contributed by atoms with van der Waals surface area (Å²) in [4.78, 5) is 21.2. The Balaban J connectivity index is 0.000000360. The second-order valence-electron chi connectivity index (χ2n) is 6.56. The predicted molar refractivity (Wildman–Crippen MR) is 118 cm³/mol. The van der Waals surface area contributed by atoms with Crippen LogP contribution in [0.2, 0.25) is 0 Å². The Bertz CT molecular complexity index is 958. The lowest BCUT2D eigenvalue weighted by molar-refractivity contribution is -0.166. The number of aliphatic carboxylic acids is 1. The maximum Gasteiger partial charge on any atom is 0.379 e. The zero-order valence-electron chi connectivity index (χ0n) is 19.9. The molecule has 0 aromatic heterocycles. The zero-order valence-corrected chi connectivity index (χ0v) is 20.7. The van der Waals surface area contributed by atoms with E-state index in [9.17, 15) is 27.2 Å². The summed E-state index contributed by atoms with van der Waals surface area (Å²) in [6.07, 6.45) is 0. The number of halogens is 5. The van der Waals surface area contributed by atoms with E-state index in [4.69, 9.17) is 45.1 Å². The minimum Gasteiger partial charge on any atom is -0.493 e. The lowest BCUT2D eigenvalue weighted by atomic mass is 10.1. The van der Waals surface area contributed by atoms with Gasteiger partial charge in [-0.3, -0.25) is 4.79 Å². The SMILES string of the molecule is COc1cc(C(F)(F)C(=O)Cl)cc(OC)c1OC.COc1cc(C(F)(F)C(=O)O)cc(OC)c1OC. The van der Waals surface area contributed by atoms with Crippen LogP contribution in [0.3, 0.4) is 0 Å². The first kappa shape index (κ1) is 30.4. The van der Waals surface area contributed by atoms with Crippen LogP contribution in [0.25, 0.3) is 0 Å². The van der Waals surface area contributed by atoms with Gasteiger partial charge in [0.2, 0.25) is 11.5 Å². The third kappa shape index (κ3) is 6.33. The average Bonchev–Trinajstić information content (AvgIpc) is 2.86. The first-order valence-electron chi connectivity index (χ1n) is 9.56. The molecule has 1 N–H and O–H groups in total. The van der Waals surface area contributed by atoms with Gasteiger partial charge in [-0.25, -0.2) is 4.79 Å². The number of rotatable bonds is 10. The summed E-state index contributed by atoms with van der Waals surface area (Å²) in [6.45, 7) is 0. The molecule has 0 fully saturated rings. The van der Waals surface area contributed by atoms with Crippen molar-refractivity contribution in [2.45, 2.75) is 11.8 Å². The van der Waals surface area contributed by atoms with Gasteiger partial charge in [0.15, 0.2) is 23.0 Å². The van der Waals surface area contributed by atoms with Crippen molar-refractivity contribution in [3.05, 3.63) is 35.4 Å². The van der Waals surface area contributed by atoms with Crippen LogP contribution in [-0.4, -0.2) is 59.0 Å². The fourth-order valence-electron chi connectivity index (χ4n) is 2.76. The molecule has 14 heteroatoms. The van der Waals surface area contributed by atoms with Gasteiger partial charge in [-0.05, 0) is 35.9 Å². The van der Waals surface area contributed by atoms with Gasteiger partial charge >= 0.3 is 17.8 Å². The molecule has 0 radical (unpaired) electrons. The van der Waals surface area contributed by atoms with E-state index in [1.165, 1.54) is 42.7 Å². The van der Waals surface area contributed by atoms with E-state index < -0.39 is 34.2 Å². The van der Waals surface area contributed by atoms with E-state index in [0.717, 1.165) is 24.3 Å². The molecule has 0 saturated carbocycles. The molecule has 0 bridgehead atoms. The molecular weight excluding hydrogens is 520 g/mol. The van der Waals surface area contributed by atoms with Gasteiger partial charge in [-0.1, -0.05) is 0 Å². The molecule has 2 aromatic rings. The lowest BCUT2D eigenvalue weighted by Crippen LogP contribution is -2.25. The number of ether oxygens (including phenoxy) is 6. The normalized spacial score (nSPS) is 11.0. The van der Waals surface area contributed by atoms with E-state index in [2.05, 4.69) is 0 Å². The highest BCUT2D eigenvalue weighted by Gasteiger charge is 2.43. The van der Waals surface area contributed by atoms with Crippen molar-refractivity contribution >= 4 is 22.8 Å². The predicted octanol–water partition coefficient (Wildman–Crippen LogP) is 4.46. The van der Waals surface area contributed by atoms with Crippen molar-refractivity contribution < 1.29 is 60.7 Å². The van der Waals surface area contributed by atoms with E-state index in [1.54, 1.807) is 0 Å². The third-order valence-corrected chi connectivity index (χ3v) is 4.81. The van der Waals surface area contributed by atoms with E-state index in [-0.39, 0.29) is 34.5 Å². The molecule has 0 spiro atoms. The van der Waals surface area contributed by atoms with Crippen LogP contribution in [0.15, 0.2) is 24.3 Å². The number of benzene rings is 2. The number of hydrogen-bond acceptors (Lipinski definition) is 8. The Morgan fingerprint density at radius 2 is 0.917 bits per heavy atom. The lowest BCUT2D eigenvalue weighted by Gasteiger charge is -2.17. The minimum absolute atomic E-state index is 0.0180. The molecule has 0 saturated heterocycles. The molecule has 2 aromatic carbocycles. The molecule has 0 unspecified atom stereocenters. The summed E-state index contributed by atoms with van der Waals surface area (Å²) in [7, 11) is 7.71. The number of carbonyl (C=O) groups excluding carboxylic acids is 1. The number of carboxylic acids is 1. The quantitative estimate of drug-likeness (QED) is 0.344. The minimum atomic E-state index is -4.03. The number of alkyl halides is 4. The standard InChI is InChI=1S/C11H11ClF2O4.C11H12F2O5/c1-16-7-4-6(11(13,14)10(12)15)5-8(17-2)9(7)18-3;1-16-7-4-6(11(12,13)10(14)15)5-8(17-2)9(7)18-3/h4-5H,1-3H3;4-5H,1-3H3,(H,14,15). The third-order valence-electron chi connectivity index (χ3n) is 4.57. The average molecular weight is 543 g/mol. The largest absolute Gasteiger partial charge is 0.493 e. The fraction of sp³-hybridized carbons (Fsp3) is 0.364. The molecule has 36 heavy (non-hydrogen) atoms. The molecular formula is C22H23ClF4O9. The summed E-state index contributed by atoms with van der Waals surface area (Å²) >= 11 is 4.87. The van der Waals surface area contributed by atoms with E-state index in [1.807, 2.05) is 0 Å².